The third kappa shape index (κ3) is 4.52. The fourth-order valence-electron chi connectivity index (χ4n) is 2.23. The third-order valence-corrected chi connectivity index (χ3v) is 3.12. The summed E-state index contributed by atoms with van der Waals surface area (Å²) in [7, 11) is 2.01. The first-order valence-corrected chi connectivity index (χ1v) is 6.09. The van der Waals surface area contributed by atoms with Crippen molar-refractivity contribution >= 4 is 5.97 Å². The Morgan fingerprint density at radius 3 is 1.81 bits per heavy atom. The molecule has 0 aromatic rings. The molecule has 0 aromatic heterocycles. The van der Waals surface area contributed by atoms with Gasteiger partial charge in [0.1, 0.15) is 0 Å². The maximum atomic E-state index is 11.4. The second-order valence-corrected chi connectivity index (χ2v) is 6.03. The lowest BCUT2D eigenvalue weighted by Gasteiger charge is -2.34. The average molecular weight is 229 g/mol. The number of carbonyl (C=O) groups is 1. The van der Waals surface area contributed by atoms with Crippen LogP contribution in [0.4, 0.5) is 0 Å². The van der Waals surface area contributed by atoms with Crippen molar-refractivity contribution in [1.82, 2.24) is 4.90 Å². The highest BCUT2D eigenvalue weighted by molar-refractivity contribution is 5.74. The summed E-state index contributed by atoms with van der Waals surface area (Å²) in [5, 5.41) is 9.34. The summed E-state index contributed by atoms with van der Waals surface area (Å²) in [4.78, 5) is 13.5. The van der Waals surface area contributed by atoms with Crippen LogP contribution in [-0.4, -0.2) is 36.1 Å². The molecular formula is C13H27NO2. The molecule has 0 aromatic carbocycles. The number of hydrogen-bond acceptors (Lipinski definition) is 2. The first-order valence-electron chi connectivity index (χ1n) is 6.09. The highest BCUT2D eigenvalue weighted by Gasteiger charge is 2.36. The second-order valence-electron chi connectivity index (χ2n) is 6.03. The highest BCUT2D eigenvalue weighted by Crippen LogP contribution is 2.28. The van der Waals surface area contributed by atoms with Crippen molar-refractivity contribution < 1.29 is 9.90 Å². The Labute approximate surface area is 99.8 Å². The normalized spacial score (nSPS) is 13.2. The molecule has 0 unspecified atom stereocenters. The molecule has 0 radical (unpaired) electrons. The van der Waals surface area contributed by atoms with Gasteiger partial charge in [-0.05, 0) is 25.3 Å². The van der Waals surface area contributed by atoms with E-state index in [-0.39, 0.29) is 5.41 Å². The number of nitrogens with zero attached hydrogens (tertiary/aromatic N) is 1. The van der Waals surface area contributed by atoms with Crippen LogP contribution >= 0.6 is 0 Å². The predicted molar refractivity (Wildman–Crippen MR) is 67.6 cm³/mol. The monoisotopic (exact) mass is 229 g/mol. The molecule has 0 atom stereocenters. The van der Waals surface area contributed by atoms with E-state index in [1.807, 2.05) is 20.9 Å². The molecule has 0 heterocycles. The molecule has 0 spiro atoms. The van der Waals surface area contributed by atoms with Crippen molar-refractivity contribution in [3.05, 3.63) is 0 Å². The van der Waals surface area contributed by atoms with Gasteiger partial charge in [0, 0.05) is 13.1 Å². The largest absolute Gasteiger partial charge is 0.481 e. The summed E-state index contributed by atoms with van der Waals surface area (Å²) in [5.74, 6) is -0.668. The Bertz CT molecular complexity index is 227. The minimum absolute atomic E-state index is 0.209. The van der Waals surface area contributed by atoms with E-state index >= 15 is 0 Å². The molecule has 3 nitrogen and oxygen atoms in total. The number of carboxylic acid groups (broad SMARTS) is 1. The van der Waals surface area contributed by atoms with Gasteiger partial charge in [-0.2, -0.15) is 0 Å². The van der Waals surface area contributed by atoms with Crippen LogP contribution in [0, 0.1) is 10.8 Å². The van der Waals surface area contributed by atoms with Crippen molar-refractivity contribution in [2.75, 3.05) is 20.1 Å². The maximum absolute atomic E-state index is 11.4. The van der Waals surface area contributed by atoms with Gasteiger partial charge in [0.25, 0.3) is 0 Å². The van der Waals surface area contributed by atoms with E-state index in [0.717, 1.165) is 6.54 Å². The van der Waals surface area contributed by atoms with Crippen molar-refractivity contribution in [2.45, 2.75) is 47.5 Å². The van der Waals surface area contributed by atoms with Crippen LogP contribution in [0.5, 0.6) is 0 Å². The van der Waals surface area contributed by atoms with Crippen molar-refractivity contribution in [1.29, 1.82) is 0 Å². The van der Waals surface area contributed by atoms with E-state index in [0.29, 0.717) is 19.4 Å². The summed E-state index contributed by atoms with van der Waals surface area (Å²) in [6.45, 7) is 12.0. The molecule has 3 heteroatoms. The van der Waals surface area contributed by atoms with Gasteiger partial charge in [0.2, 0.25) is 0 Å². The van der Waals surface area contributed by atoms with Gasteiger partial charge in [-0.15, -0.1) is 0 Å². The van der Waals surface area contributed by atoms with Crippen LogP contribution in [0.25, 0.3) is 0 Å². The standard InChI is InChI=1S/C13H27NO2/c1-7-13(8-2,11(15)16)10-14(6)9-12(3,4)5/h7-10H2,1-6H3,(H,15,16). The maximum Gasteiger partial charge on any atom is 0.310 e. The lowest BCUT2D eigenvalue weighted by Crippen LogP contribution is -2.43. The quantitative estimate of drug-likeness (QED) is 0.761. The summed E-state index contributed by atoms with van der Waals surface area (Å²) in [6, 6.07) is 0. The smallest absolute Gasteiger partial charge is 0.310 e. The Balaban J connectivity index is 4.58. The van der Waals surface area contributed by atoms with Crippen LogP contribution in [0.1, 0.15) is 47.5 Å². The van der Waals surface area contributed by atoms with Gasteiger partial charge in [-0.3, -0.25) is 4.79 Å². The molecule has 1 N–H and O–H groups in total. The molecule has 0 fully saturated rings. The number of carboxylic acids is 1. The van der Waals surface area contributed by atoms with E-state index in [4.69, 9.17) is 0 Å². The molecule has 0 amide bonds. The Hall–Kier alpha value is -0.570. The Kier molecular flexibility index (Phi) is 5.47. The first-order chi connectivity index (χ1) is 7.17. The zero-order chi connectivity index (χ0) is 13.0. The van der Waals surface area contributed by atoms with Crippen LogP contribution < -0.4 is 0 Å². The zero-order valence-corrected chi connectivity index (χ0v) is 11.6. The first kappa shape index (κ1) is 15.4. The van der Waals surface area contributed by atoms with Crippen molar-refractivity contribution in [3.63, 3.8) is 0 Å². The number of rotatable bonds is 6. The van der Waals surface area contributed by atoms with Crippen LogP contribution in [0.2, 0.25) is 0 Å². The fraction of sp³-hybridized carbons (Fsp3) is 0.923. The second kappa shape index (κ2) is 5.67. The van der Waals surface area contributed by atoms with Crippen LogP contribution in [0.15, 0.2) is 0 Å². The molecule has 0 aliphatic rings. The fourth-order valence-corrected chi connectivity index (χ4v) is 2.23. The molecule has 0 aliphatic heterocycles. The minimum Gasteiger partial charge on any atom is -0.481 e. The molecular weight excluding hydrogens is 202 g/mol. The van der Waals surface area contributed by atoms with Crippen LogP contribution in [0.3, 0.4) is 0 Å². The van der Waals surface area contributed by atoms with E-state index in [2.05, 4.69) is 25.7 Å². The Morgan fingerprint density at radius 2 is 1.56 bits per heavy atom. The van der Waals surface area contributed by atoms with Gasteiger partial charge < -0.3 is 10.0 Å². The lowest BCUT2D eigenvalue weighted by molar-refractivity contribution is -0.150. The molecule has 0 rings (SSSR count). The average Bonchev–Trinajstić information content (AvgIpc) is 2.10. The van der Waals surface area contributed by atoms with E-state index in [1.54, 1.807) is 0 Å². The summed E-state index contributed by atoms with van der Waals surface area (Å²) < 4.78 is 0. The Morgan fingerprint density at radius 1 is 1.12 bits per heavy atom. The number of aliphatic carboxylic acids is 1. The van der Waals surface area contributed by atoms with Gasteiger partial charge >= 0.3 is 5.97 Å². The summed E-state index contributed by atoms with van der Waals surface area (Å²) in [5.41, 5.74) is -0.375. The van der Waals surface area contributed by atoms with Crippen LogP contribution in [-0.2, 0) is 4.79 Å². The van der Waals surface area contributed by atoms with Gasteiger partial charge in [-0.25, -0.2) is 0 Å². The number of hydrogen-bond donors (Lipinski definition) is 1. The van der Waals surface area contributed by atoms with E-state index in [9.17, 15) is 9.90 Å². The third-order valence-electron chi connectivity index (χ3n) is 3.12. The SMILES string of the molecule is CCC(CC)(CN(C)CC(C)(C)C)C(=O)O. The zero-order valence-electron chi connectivity index (χ0n) is 11.6. The highest BCUT2D eigenvalue weighted by atomic mass is 16.4. The lowest BCUT2D eigenvalue weighted by atomic mass is 9.81. The van der Waals surface area contributed by atoms with E-state index in [1.165, 1.54) is 0 Å². The van der Waals surface area contributed by atoms with Crippen molar-refractivity contribution in [3.8, 4) is 0 Å². The molecule has 96 valence electrons. The molecule has 0 saturated heterocycles. The van der Waals surface area contributed by atoms with Gasteiger partial charge in [0.05, 0.1) is 5.41 Å². The molecule has 16 heavy (non-hydrogen) atoms. The topological polar surface area (TPSA) is 40.5 Å². The van der Waals surface area contributed by atoms with Gasteiger partial charge in [-0.1, -0.05) is 34.6 Å². The molecule has 0 bridgehead atoms. The summed E-state index contributed by atoms with van der Waals surface area (Å²) in [6.07, 6.45) is 1.38. The van der Waals surface area contributed by atoms with E-state index < -0.39 is 11.4 Å². The van der Waals surface area contributed by atoms with Gasteiger partial charge in [0.15, 0.2) is 0 Å². The minimum atomic E-state index is -0.668. The molecule has 0 aliphatic carbocycles. The molecule has 0 saturated carbocycles. The van der Waals surface area contributed by atoms with Crippen molar-refractivity contribution in [2.24, 2.45) is 10.8 Å². The predicted octanol–water partition coefficient (Wildman–Crippen LogP) is 2.86. The summed E-state index contributed by atoms with van der Waals surface area (Å²) >= 11 is 0.